The standard InChI is InChI=1S/C13H19NO3/c1-2-6-13(9-14,12(16)17)8-10-4-3-5-11(15)7-10/h3-5,7,15H,2,6,8-9,14H2,1H3,(H,16,17). The SMILES string of the molecule is CCCC(CN)(Cc1cccc(O)c1)C(=O)O. The zero-order chi connectivity index (χ0) is 12.9. The second kappa shape index (κ2) is 5.68. The van der Waals surface area contributed by atoms with Gasteiger partial charge in [0, 0.05) is 6.54 Å². The molecule has 94 valence electrons. The Morgan fingerprint density at radius 1 is 1.47 bits per heavy atom. The average Bonchev–Trinajstić information content (AvgIpc) is 2.28. The van der Waals surface area contributed by atoms with Crippen LogP contribution in [0.15, 0.2) is 24.3 Å². The molecule has 0 fully saturated rings. The average molecular weight is 237 g/mol. The highest BCUT2D eigenvalue weighted by molar-refractivity contribution is 5.75. The van der Waals surface area contributed by atoms with Crippen molar-refractivity contribution in [3.8, 4) is 5.75 Å². The van der Waals surface area contributed by atoms with Gasteiger partial charge in [-0.2, -0.15) is 0 Å². The van der Waals surface area contributed by atoms with Crippen LogP contribution in [0.25, 0.3) is 0 Å². The molecule has 0 saturated carbocycles. The summed E-state index contributed by atoms with van der Waals surface area (Å²) < 4.78 is 0. The molecular formula is C13H19NO3. The second-order valence-corrected chi connectivity index (χ2v) is 4.39. The summed E-state index contributed by atoms with van der Waals surface area (Å²) >= 11 is 0. The molecule has 0 amide bonds. The van der Waals surface area contributed by atoms with Crippen LogP contribution in [0.4, 0.5) is 0 Å². The highest BCUT2D eigenvalue weighted by Crippen LogP contribution is 2.29. The maximum absolute atomic E-state index is 11.4. The smallest absolute Gasteiger partial charge is 0.311 e. The molecule has 0 aliphatic carbocycles. The molecule has 4 nitrogen and oxygen atoms in total. The van der Waals surface area contributed by atoms with Crippen molar-refractivity contribution >= 4 is 5.97 Å². The van der Waals surface area contributed by atoms with Crippen LogP contribution >= 0.6 is 0 Å². The van der Waals surface area contributed by atoms with Crippen molar-refractivity contribution in [3.63, 3.8) is 0 Å². The number of phenolic OH excluding ortho intramolecular Hbond substituents is 1. The normalized spacial score (nSPS) is 14.2. The predicted octanol–water partition coefficient (Wildman–Crippen LogP) is 1.76. The molecule has 4 N–H and O–H groups in total. The Balaban J connectivity index is 2.96. The van der Waals surface area contributed by atoms with E-state index in [0.717, 1.165) is 12.0 Å². The van der Waals surface area contributed by atoms with E-state index in [1.165, 1.54) is 0 Å². The number of carboxylic acids is 1. The Labute approximate surface area is 101 Å². The molecule has 0 saturated heterocycles. The molecule has 0 aliphatic rings. The van der Waals surface area contributed by atoms with Crippen LogP contribution in [-0.4, -0.2) is 22.7 Å². The molecular weight excluding hydrogens is 218 g/mol. The summed E-state index contributed by atoms with van der Waals surface area (Å²) in [4.78, 5) is 11.4. The van der Waals surface area contributed by atoms with Crippen LogP contribution in [0, 0.1) is 5.41 Å². The van der Waals surface area contributed by atoms with Gasteiger partial charge in [0.15, 0.2) is 0 Å². The number of aliphatic carboxylic acids is 1. The van der Waals surface area contributed by atoms with Gasteiger partial charge < -0.3 is 15.9 Å². The van der Waals surface area contributed by atoms with Gasteiger partial charge in [-0.1, -0.05) is 25.5 Å². The second-order valence-electron chi connectivity index (χ2n) is 4.39. The highest BCUT2D eigenvalue weighted by atomic mass is 16.4. The summed E-state index contributed by atoms with van der Waals surface area (Å²) in [5, 5.41) is 18.7. The Morgan fingerprint density at radius 2 is 2.18 bits per heavy atom. The summed E-state index contributed by atoms with van der Waals surface area (Å²) in [6.07, 6.45) is 1.65. The molecule has 0 radical (unpaired) electrons. The first-order valence-electron chi connectivity index (χ1n) is 5.75. The molecule has 1 unspecified atom stereocenters. The van der Waals surface area contributed by atoms with Crippen LogP contribution in [0.5, 0.6) is 5.75 Å². The predicted molar refractivity (Wildman–Crippen MR) is 65.8 cm³/mol. The monoisotopic (exact) mass is 237 g/mol. The first kappa shape index (κ1) is 13.5. The first-order valence-corrected chi connectivity index (χ1v) is 5.75. The molecule has 0 heterocycles. The number of rotatable bonds is 6. The number of carboxylic acid groups (broad SMARTS) is 1. The zero-order valence-corrected chi connectivity index (χ0v) is 10.0. The Kier molecular flexibility index (Phi) is 4.52. The fourth-order valence-corrected chi connectivity index (χ4v) is 2.07. The van der Waals surface area contributed by atoms with Crippen molar-refractivity contribution in [1.82, 2.24) is 0 Å². The van der Waals surface area contributed by atoms with Crippen molar-refractivity contribution in [2.45, 2.75) is 26.2 Å². The van der Waals surface area contributed by atoms with Crippen molar-refractivity contribution in [2.24, 2.45) is 11.1 Å². The molecule has 1 atom stereocenters. The third-order valence-electron chi connectivity index (χ3n) is 3.03. The molecule has 0 aliphatic heterocycles. The molecule has 0 bridgehead atoms. The summed E-state index contributed by atoms with van der Waals surface area (Å²) in [6.45, 7) is 2.04. The van der Waals surface area contributed by atoms with Crippen LogP contribution in [-0.2, 0) is 11.2 Å². The minimum atomic E-state index is -0.928. The number of hydrogen-bond donors (Lipinski definition) is 3. The van der Waals surface area contributed by atoms with Crippen LogP contribution in [0.1, 0.15) is 25.3 Å². The number of nitrogens with two attached hydrogens (primary N) is 1. The molecule has 1 aromatic carbocycles. The fraction of sp³-hybridized carbons (Fsp3) is 0.462. The third-order valence-corrected chi connectivity index (χ3v) is 3.03. The first-order chi connectivity index (χ1) is 8.04. The van der Waals surface area contributed by atoms with Crippen molar-refractivity contribution in [1.29, 1.82) is 0 Å². The van der Waals surface area contributed by atoms with Crippen molar-refractivity contribution in [3.05, 3.63) is 29.8 Å². The summed E-state index contributed by atoms with van der Waals surface area (Å²) in [6, 6.07) is 6.67. The minimum Gasteiger partial charge on any atom is -0.508 e. The topological polar surface area (TPSA) is 83.5 Å². The number of hydrogen-bond acceptors (Lipinski definition) is 3. The van der Waals surface area contributed by atoms with Crippen LogP contribution < -0.4 is 5.73 Å². The van der Waals surface area contributed by atoms with E-state index in [2.05, 4.69) is 0 Å². The number of benzene rings is 1. The van der Waals surface area contributed by atoms with Gasteiger partial charge in [-0.3, -0.25) is 4.79 Å². The summed E-state index contributed by atoms with van der Waals surface area (Å²) in [5.74, 6) is -0.722. The molecule has 0 aromatic heterocycles. The van der Waals surface area contributed by atoms with E-state index >= 15 is 0 Å². The van der Waals surface area contributed by atoms with Gasteiger partial charge in [-0.15, -0.1) is 0 Å². The third kappa shape index (κ3) is 3.20. The molecule has 4 heteroatoms. The summed E-state index contributed by atoms with van der Waals surface area (Å²) in [7, 11) is 0. The van der Waals surface area contributed by atoms with Gasteiger partial charge in [-0.25, -0.2) is 0 Å². The van der Waals surface area contributed by atoms with E-state index in [0.29, 0.717) is 12.8 Å². The van der Waals surface area contributed by atoms with Crippen molar-refractivity contribution in [2.75, 3.05) is 6.54 Å². The Hall–Kier alpha value is -1.55. The lowest BCUT2D eigenvalue weighted by Crippen LogP contribution is -2.40. The Morgan fingerprint density at radius 3 is 2.65 bits per heavy atom. The van der Waals surface area contributed by atoms with Gasteiger partial charge in [0.2, 0.25) is 0 Å². The maximum atomic E-state index is 11.4. The van der Waals surface area contributed by atoms with E-state index < -0.39 is 11.4 Å². The number of carbonyl (C=O) groups is 1. The maximum Gasteiger partial charge on any atom is 0.311 e. The van der Waals surface area contributed by atoms with E-state index in [-0.39, 0.29) is 12.3 Å². The summed E-state index contributed by atoms with van der Waals surface area (Å²) in [5.41, 5.74) is 5.51. The lowest BCUT2D eigenvalue weighted by Gasteiger charge is -2.27. The molecule has 0 spiro atoms. The number of phenols is 1. The molecule has 17 heavy (non-hydrogen) atoms. The van der Waals surface area contributed by atoms with Gasteiger partial charge >= 0.3 is 5.97 Å². The quantitative estimate of drug-likeness (QED) is 0.704. The number of aromatic hydroxyl groups is 1. The van der Waals surface area contributed by atoms with Gasteiger partial charge in [-0.05, 0) is 30.5 Å². The lowest BCUT2D eigenvalue weighted by molar-refractivity contribution is -0.148. The zero-order valence-electron chi connectivity index (χ0n) is 10.0. The highest BCUT2D eigenvalue weighted by Gasteiger charge is 2.36. The minimum absolute atomic E-state index is 0.103. The van der Waals surface area contributed by atoms with Crippen molar-refractivity contribution < 1.29 is 15.0 Å². The van der Waals surface area contributed by atoms with E-state index in [1.54, 1.807) is 18.2 Å². The van der Waals surface area contributed by atoms with E-state index in [1.807, 2.05) is 13.0 Å². The molecule has 1 aromatic rings. The van der Waals surface area contributed by atoms with Crippen LogP contribution in [0.2, 0.25) is 0 Å². The lowest BCUT2D eigenvalue weighted by atomic mass is 9.78. The van der Waals surface area contributed by atoms with E-state index in [4.69, 9.17) is 5.73 Å². The molecule has 1 rings (SSSR count). The van der Waals surface area contributed by atoms with Crippen LogP contribution in [0.3, 0.4) is 0 Å². The Bertz CT molecular complexity index is 392. The fourth-order valence-electron chi connectivity index (χ4n) is 2.07. The van der Waals surface area contributed by atoms with Gasteiger partial charge in [0.05, 0.1) is 5.41 Å². The van der Waals surface area contributed by atoms with Gasteiger partial charge in [0.1, 0.15) is 5.75 Å². The van der Waals surface area contributed by atoms with E-state index in [9.17, 15) is 15.0 Å². The largest absolute Gasteiger partial charge is 0.508 e. The van der Waals surface area contributed by atoms with Gasteiger partial charge in [0.25, 0.3) is 0 Å².